The molecule has 0 aliphatic carbocycles. The van der Waals surface area contributed by atoms with Crippen LogP contribution in [0.15, 0.2) is 128 Å². The average molecular weight is 404 g/mol. The van der Waals surface area contributed by atoms with Gasteiger partial charge in [-0.2, -0.15) is 0 Å². The molecule has 0 saturated heterocycles. The molecule has 0 N–H and O–H groups in total. The van der Waals surface area contributed by atoms with Crippen LogP contribution < -0.4 is 0 Å². The fraction of sp³-hybridized carbons (Fsp3) is 0.0357. The van der Waals surface area contributed by atoms with Gasteiger partial charge in [-0.25, -0.2) is 9.37 Å². The molecule has 0 atom stereocenters. The second-order valence-electron chi connectivity index (χ2n) is 7.49. The van der Waals surface area contributed by atoms with Crippen molar-refractivity contribution in [3.05, 3.63) is 150 Å². The summed E-state index contributed by atoms with van der Waals surface area (Å²) in [6.45, 7) is 0. The number of hydrogen-bond acceptors (Lipinski definition) is 1. The van der Waals surface area contributed by atoms with Gasteiger partial charge in [0.25, 0.3) is 0 Å². The smallest absolute Gasteiger partial charge is 0.123 e. The Labute approximate surface area is 181 Å². The van der Waals surface area contributed by atoms with E-state index in [1.165, 1.54) is 12.1 Å². The second-order valence-corrected chi connectivity index (χ2v) is 7.49. The summed E-state index contributed by atoms with van der Waals surface area (Å²) in [5.74, 6) is -0.271. The lowest BCUT2D eigenvalue weighted by Gasteiger charge is -2.37. The van der Waals surface area contributed by atoms with Crippen LogP contribution in [0.25, 0.3) is 11.3 Å². The average Bonchev–Trinajstić information content (AvgIpc) is 3.32. The van der Waals surface area contributed by atoms with Crippen LogP contribution in [0, 0.1) is 5.82 Å². The van der Waals surface area contributed by atoms with E-state index in [0.29, 0.717) is 0 Å². The highest BCUT2D eigenvalue weighted by Gasteiger charge is 2.38. The Hall–Kier alpha value is -3.98. The lowest BCUT2D eigenvalue weighted by atomic mass is 9.77. The van der Waals surface area contributed by atoms with Gasteiger partial charge in [-0.05, 0) is 28.8 Å². The number of aromatic nitrogens is 2. The highest BCUT2D eigenvalue weighted by Crippen LogP contribution is 2.41. The normalized spacial score (nSPS) is 11.4. The maximum Gasteiger partial charge on any atom is 0.123 e. The van der Waals surface area contributed by atoms with E-state index in [0.717, 1.165) is 27.9 Å². The molecule has 0 amide bonds. The van der Waals surface area contributed by atoms with E-state index in [-0.39, 0.29) is 5.82 Å². The van der Waals surface area contributed by atoms with Gasteiger partial charge in [-0.3, -0.25) is 0 Å². The molecule has 5 rings (SSSR count). The molecule has 0 unspecified atom stereocenters. The van der Waals surface area contributed by atoms with Crippen molar-refractivity contribution in [3.8, 4) is 11.3 Å². The highest BCUT2D eigenvalue weighted by atomic mass is 19.1. The fourth-order valence-corrected chi connectivity index (χ4v) is 4.29. The van der Waals surface area contributed by atoms with E-state index in [9.17, 15) is 4.39 Å². The van der Waals surface area contributed by atoms with Gasteiger partial charge in [0.2, 0.25) is 0 Å². The van der Waals surface area contributed by atoms with Crippen molar-refractivity contribution >= 4 is 0 Å². The molecule has 31 heavy (non-hydrogen) atoms. The third-order valence-corrected chi connectivity index (χ3v) is 5.66. The number of hydrogen-bond donors (Lipinski definition) is 0. The topological polar surface area (TPSA) is 17.8 Å². The zero-order valence-corrected chi connectivity index (χ0v) is 16.9. The summed E-state index contributed by atoms with van der Waals surface area (Å²) in [6.07, 6.45) is 3.84. The van der Waals surface area contributed by atoms with E-state index in [1.807, 2.05) is 36.8 Å². The predicted molar refractivity (Wildman–Crippen MR) is 122 cm³/mol. The van der Waals surface area contributed by atoms with Crippen molar-refractivity contribution in [2.75, 3.05) is 0 Å². The van der Waals surface area contributed by atoms with Crippen LogP contribution in [-0.4, -0.2) is 9.55 Å². The second kappa shape index (κ2) is 8.04. The molecule has 1 aromatic heterocycles. The Morgan fingerprint density at radius 1 is 0.613 bits per heavy atom. The zero-order valence-electron chi connectivity index (χ0n) is 16.9. The number of rotatable bonds is 5. The molecule has 0 saturated carbocycles. The molecular weight excluding hydrogens is 383 g/mol. The number of imidazole rings is 1. The summed E-state index contributed by atoms with van der Waals surface area (Å²) < 4.78 is 16.0. The number of halogens is 1. The first-order valence-electron chi connectivity index (χ1n) is 10.3. The molecule has 3 heteroatoms. The molecule has 0 spiro atoms. The molecular formula is C28H21FN2. The standard InChI is InChI=1S/C28H21FN2/c29-26-18-10-11-22(19-26)27-20-31(21-30-27)28(23-12-4-1-5-13-23,24-14-6-2-7-15-24)25-16-8-3-9-17-25/h1-21H. The molecule has 2 nitrogen and oxygen atoms in total. The summed E-state index contributed by atoms with van der Waals surface area (Å²) in [7, 11) is 0. The minimum Gasteiger partial charge on any atom is -0.318 e. The largest absolute Gasteiger partial charge is 0.318 e. The minimum atomic E-state index is -0.623. The van der Waals surface area contributed by atoms with Crippen molar-refractivity contribution in [1.82, 2.24) is 9.55 Å². The summed E-state index contributed by atoms with van der Waals surface area (Å²) in [5.41, 5.74) is 4.22. The van der Waals surface area contributed by atoms with Crippen molar-refractivity contribution in [2.45, 2.75) is 5.54 Å². The molecule has 0 aliphatic heterocycles. The first-order valence-corrected chi connectivity index (χ1v) is 10.3. The van der Waals surface area contributed by atoms with Gasteiger partial charge in [-0.1, -0.05) is 103 Å². The van der Waals surface area contributed by atoms with E-state index >= 15 is 0 Å². The Bertz CT molecular complexity index is 1180. The van der Waals surface area contributed by atoms with Crippen molar-refractivity contribution in [1.29, 1.82) is 0 Å². The highest BCUT2D eigenvalue weighted by molar-refractivity contribution is 5.59. The van der Waals surface area contributed by atoms with Gasteiger partial charge < -0.3 is 4.57 Å². The SMILES string of the molecule is Fc1cccc(-c2cn(C(c3ccccc3)(c3ccccc3)c3ccccc3)cn2)c1. The Balaban J connectivity index is 1.81. The van der Waals surface area contributed by atoms with Crippen LogP contribution in [0.4, 0.5) is 4.39 Å². The minimum absolute atomic E-state index is 0.271. The Morgan fingerprint density at radius 3 is 1.61 bits per heavy atom. The first kappa shape index (κ1) is 19.0. The van der Waals surface area contributed by atoms with Gasteiger partial charge >= 0.3 is 0 Å². The van der Waals surface area contributed by atoms with Gasteiger partial charge in [0.15, 0.2) is 0 Å². The lowest BCUT2D eigenvalue weighted by Crippen LogP contribution is -2.36. The van der Waals surface area contributed by atoms with E-state index in [4.69, 9.17) is 0 Å². The van der Waals surface area contributed by atoms with Crippen LogP contribution >= 0.6 is 0 Å². The lowest BCUT2D eigenvalue weighted by molar-refractivity contribution is 0.515. The molecule has 0 fully saturated rings. The summed E-state index contributed by atoms with van der Waals surface area (Å²) in [6, 6.07) is 37.8. The zero-order chi connectivity index (χ0) is 21.1. The molecule has 0 bridgehead atoms. The van der Waals surface area contributed by atoms with Crippen molar-refractivity contribution in [3.63, 3.8) is 0 Å². The molecule has 1 heterocycles. The summed E-state index contributed by atoms with van der Waals surface area (Å²) in [5, 5.41) is 0. The van der Waals surface area contributed by atoms with E-state index in [2.05, 4.69) is 82.3 Å². The molecule has 0 radical (unpaired) electrons. The van der Waals surface area contributed by atoms with Gasteiger partial charge in [0.05, 0.1) is 12.0 Å². The van der Waals surface area contributed by atoms with Crippen molar-refractivity contribution in [2.24, 2.45) is 0 Å². The van der Waals surface area contributed by atoms with E-state index in [1.54, 1.807) is 6.07 Å². The van der Waals surface area contributed by atoms with Gasteiger partial charge in [-0.15, -0.1) is 0 Å². The van der Waals surface area contributed by atoms with Gasteiger partial charge in [0, 0.05) is 11.8 Å². The summed E-state index contributed by atoms with van der Waals surface area (Å²) >= 11 is 0. The van der Waals surface area contributed by atoms with Crippen molar-refractivity contribution < 1.29 is 4.39 Å². The fourth-order valence-electron chi connectivity index (χ4n) is 4.29. The maximum absolute atomic E-state index is 13.9. The Kier molecular flexibility index (Phi) is 4.93. The third-order valence-electron chi connectivity index (χ3n) is 5.66. The van der Waals surface area contributed by atoms with Crippen LogP contribution in [0.2, 0.25) is 0 Å². The van der Waals surface area contributed by atoms with Gasteiger partial charge in [0.1, 0.15) is 11.4 Å². The third kappa shape index (κ3) is 3.34. The maximum atomic E-state index is 13.9. The number of benzene rings is 4. The van der Waals surface area contributed by atoms with Crippen LogP contribution in [-0.2, 0) is 5.54 Å². The molecule has 0 aliphatic rings. The van der Waals surface area contributed by atoms with E-state index < -0.39 is 5.54 Å². The molecule has 5 aromatic rings. The molecule has 4 aromatic carbocycles. The number of nitrogens with zero attached hydrogens (tertiary/aromatic N) is 2. The summed E-state index contributed by atoms with van der Waals surface area (Å²) in [4.78, 5) is 4.67. The quantitative estimate of drug-likeness (QED) is 0.305. The molecule has 150 valence electrons. The van der Waals surface area contributed by atoms with Crippen LogP contribution in [0.5, 0.6) is 0 Å². The predicted octanol–water partition coefficient (Wildman–Crippen LogP) is 6.53. The first-order chi connectivity index (χ1) is 15.3. The van der Waals surface area contributed by atoms with Crippen LogP contribution in [0.3, 0.4) is 0 Å². The monoisotopic (exact) mass is 404 g/mol. The Morgan fingerprint density at radius 2 is 1.13 bits per heavy atom. The van der Waals surface area contributed by atoms with Crippen LogP contribution in [0.1, 0.15) is 16.7 Å².